The Bertz CT molecular complexity index is 170. The van der Waals surface area contributed by atoms with Gasteiger partial charge in [-0.1, -0.05) is 13.8 Å². The molecule has 82 valence electrons. The maximum Gasteiger partial charge on any atom is 0.0522 e. The first-order valence-corrected chi connectivity index (χ1v) is 6.30. The van der Waals surface area contributed by atoms with Crippen molar-refractivity contribution in [2.24, 2.45) is 17.3 Å². The highest BCUT2D eigenvalue weighted by Crippen LogP contribution is 2.45. The first-order chi connectivity index (χ1) is 6.72. The summed E-state index contributed by atoms with van der Waals surface area (Å²) in [5.41, 5.74) is 0.601. The average Bonchev–Trinajstić information content (AvgIpc) is 2.19. The van der Waals surface area contributed by atoms with Crippen LogP contribution < -0.4 is 0 Å². The summed E-state index contributed by atoms with van der Waals surface area (Å²) in [5, 5.41) is 0. The molecule has 1 aliphatic heterocycles. The SMILES string of the molecule is CC(C)C1CCC2(CCCOC2)CC1. The van der Waals surface area contributed by atoms with E-state index in [4.69, 9.17) is 4.74 Å². The van der Waals surface area contributed by atoms with Crippen molar-refractivity contribution in [2.45, 2.75) is 52.4 Å². The lowest BCUT2D eigenvalue weighted by Crippen LogP contribution is -2.36. The first-order valence-electron chi connectivity index (χ1n) is 6.30. The fourth-order valence-electron chi connectivity index (χ4n) is 3.22. The van der Waals surface area contributed by atoms with Gasteiger partial charge in [0.05, 0.1) is 6.61 Å². The van der Waals surface area contributed by atoms with Gasteiger partial charge in [-0.3, -0.25) is 0 Å². The highest BCUT2D eigenvalue weighted by Gasteiger charge is 2.37. The van der Waals surface area contributed by atoms with Crippen LogP contribution in [0.2, 0.25) is 0 Å². The van der Waals surface area contributed by atoms with Gasteiger partial charge >= 0.3 is 0 Å². The molecule has 1 aliphatic carbocycles. The molecule has 2 rings (SSSR count). The van der Waals surface area contributed by atoms with Crippen LogP contribution in [0.5, 0.6) is 0 Å². The van der Waals surface area contributed by atoms with Crippen molar-refractivity contribution in [3.63, 3.8) is 0 Å². The minimum atomic E-state index is 0.601. The predicted octanol–water partition coefficient (Wildman–Crippen LogP) is 3.63. The van der Waals surface area contributed by atoms with Crippen molar-refractivity contribution in [2.75, 3.05) is 13.2 Å². The Morgan fingerprint density at radius 2 is 1.86 bits per heavy atom. The maximum atomic E-state index is 5.66. The summed E-state index contributed by atoms with van der Waals surface area (Å²) in [6.45, 7) is 6.81. The van der Waals surface area contributed by atoms with E-state index < -0.39 is 0 Å². The quantitative estimate of drug-likeness (QED) is 0.622. The molecule has 1 nitrogen and oxygen atoms in total. The van der Waals surface area contributed by atoms with Gasteiger partial charge in [0.1, 0.15) is 0 Å². The van der Waals surface area contributed by atoms with E-state index in [1.54, 1.807) is 0 Å². The third kappa shape index (κ3) is 2.13. The highest BCUT2D eigenvalue weighted by atomic mass is 16.5. The van der Waals surface area contributed by atoms with Gasteiger partial charge in [-0.25, -0.2) is 0 Å². The van der Waals surface area contributed by atoms with Gasteiger partial charge in [-0.05, 0) is 55.8 Å². The van der Waals surface area contributed by atoms with Crippen molar-refractivity contribution in [3.05, 3.63) is 0 Å². The Balaban J connectivity index is 1.87. The van der Waals surface area contributed by atoms with Crippen LogP contribution in [0.15, 0.2) is 0 Å². The minimum absolute atomic E-state index is 0.601. The van der Waals surface area contributed by atoms with E-state index in [2.05, 4.69) is 13.8 Å². The fraction of sp³-hybridized carbons (Fsp3) is 1.00. The third-order valence-electron chi connectivity index (χ3n) is 4.44. The average molecular weight is 196 g/mol. The molecule has 0 unspecified atom stereocenters. The van der Waals surface area contributed by atoms with Crippen LogP contribution in [-0.4, -0.2) is 13.2 Å². The van der Waals surface area contributed by atoms with Crippen molar-refractivity contribution in [1.29, 1.82) is 0 Å². The molecule has 0 aromatic rings. The number of ether oxygens (including phenoxy) is 1. The highest BCUT2D eigenvalue weighted by molar-refractivity contribution is 4.87. The summed E-state index contributed by atoms with van der Waals surface area (Å²) in [4.78, 5) is 0. The molecular formula is C13H24O. The van der Waals surface area contributed by atoms with Crippen molar-refractivity contribution in [1.82, 2.24) is 0 Å². The van der Waals surface area contributed by atoms with Gasteiger partial charge in [-0.2, -0.15) is 0 Å². The Morgan fingerprint density at radius 1 is 1.14 bits per heavy atom. The summed E-state index contributed by atoms with van der Waals surface area (Å²) < 4.78 is 5.66. The topological polar surface area (TPSA) is 9.23 Å². The lowest BCUT2D eigenvalue weighted by atomic mass is 9.66. The van der Waals surface area contributed by atoms with Gasteiger partial charge in [0.15, 0.2) is 0 Å². The van der Waals surface area contributed by atoms with E-state index in [0.717, 1.165) is 25.0 Å². The predicted molar refractivity (Wildman–Crippen MR) is 59.3 cm³/mol. The van der Waals surface area contributed by atoms with E-state index in [1.807, 2.05) is 0 Å². The summed E-state index contributed by atoms with van der Waals surface area (Å²) in [7, 11) is 0. The molecule has 0 amide bonds. The van der Waals surface area contributed by atoms with Crippen LogP contribution in [0, 0.1) is 17.3 Å². The van der Waals surface area contributed by atoms with Crippen LogP contribution in [0.25, 0.3) is 0 Å². The molecule has 1 heteroatoms. The Kier molecular flexibility index (Phi) is 3.16. The van der Waals surface area contributed by atoms with Crippen LogP contribution >= 0.6 is 0 Å². The molecule has 1 spiro atoms. The molecule has 0 radical (unpaired) electrons. The molecule has 2 aliphatic rings. The zero-order chi connectivity index (χ0) is 10.0. The molecular weight excluding hydrogens is 172 g/mol. The maximum absolute atomic E-state index is 5.66. The summed E-state index contributed by atoms with van der Waals surface area (Å²) in [5.74, 6) is 1.87. The first kappa shape index (κ1) is 10.5. The molecule has 2 fully saturated rings. The Labute approximate surface area is 88.2 Å². The third-order valence-corrected chi connectivity index (χ3v) is 4.44. The molecule has 0 bridgehead atoms. The largest absolute Gasteiger partial charge is 0.381 e. The van der Waals surface area contributed by atoms with Crippen molar-refractivity contribution >= 4 is 0 Å². The fourth-order valence-corrected chi connectivity index (χ4v) is 3.22. The van der Waals surface area contributed by atoms with Gasteiger partial charge in [-0.15, -0.1) is 0 Å². The molecule has 0 aromatic heterocycles. The molecule has 0 atom stereocenters. The summed E-state index contributed by atoms with van der Waals surface area (Å²) in [6.07, 6.45) is 8.47. The molecule has 1 saturated carbocycles. The van der Waals surface area contributed by atoms with Crippen LogP contribution in [0.4, 0.5) is 0 Å². The second kappa shape index (κ2) is 4.22. The molecule has 0 aromatic carbocycles. The van der Waals surface area contributed by atoms with E-state index in [1.165, 1.54) is 38.5 Å². The number of hydrogen-bond acceptors (Lipinski definition) is 1. The van der Waals surface area contributed by atoms with Crippen molar-refractivity contribution in [3.8, 4) is 0 Å². The standard InChI is InChI=1S/C13H24O/c1-11(2)12-4-7-13(8-5-12)6-3-9-14-10-13/h11-12H,3-10H2,1-2H3. The van der Waals surface area contributed by atoms with Gasteiger partial charge in [0.2, 0.25) is 0 Å². The molecule has 1 saturated heterocycles. The van der Waals surface area contributed by atoms with E-state index >= 15 is 0 Å². The van der Waals surface area contributed by atoms with E-state index in [-0.39, 0.29) is 0 Å². The number of rotatable bonds is 1. The second-order valence-corrected chi connectivity index (χ2v) is 5.74. The summed E-state index contributed by atoms with van der Waals surface area (Å²) in [6, 6.07) is 0. The lowest BCUT2D eigenvalue weighted by molar-refractivity contribution is -0.0390. The molecule has 14 heavy (non-hydrogen) atoms. The van der Waals surface area contributed by atoms with E-state index in [9.17, 15) is 0 Å². The lowest BCUT2D eigenvalue weighted by Gasteiger charge is -2.43. The van der Waals surface area contributed by atoms with Crippen LogP contribution in [-0.2, 0) is 4.74 Å². The summed E-state index contributed by atoms with van der Waals surface area (Å²) >= 11 is 0. The zero-order valence-electron chi connectivity index (χ0n) is 9.72. The van der Waals surface area contributed by atoms with Crippen LogP contribution in [0.1, 0.15) is 52.4 Å². The monoisotopic (exact) mass is 196 g/mol. The van der Waals surface area contributed by atoms with Gasteiger partial charge in [0, 0.05) is 6.61 Å². The van der Waals surface area contributed by atoms with E-state index in [0.29, 0.717) is 5.41 Å². The van der Waals surface area contributed by atoms with Crippen molar-refractivity contribution < 1.29 is 4.74 Å². The minimum Gasteiger partial charge on any atom is -0.381 e. The van der Waals surface area contributed by atoms with Crippen LogP contribution in [0.3, 0.4) is 0 Å². The number of hydrogen-bond donors (Lipinski definition) is 0. The normalized spacial score (nSPS) is 39.2. The van der Waals surface area contributed by atoms with Gasteiger partial charge in [0.25, 0.3) is 0 Å². The molecule has 1 heterocycles. The Morgan fingerprint density at radius 3 is 2.36 bits per heavy atom. The smallest absolute Gasteiger partial charge is 0.0522 e. The zero-order valence-corrected chi connectivity index (χ0v) is 9.72. The Hall–Kier alpha value is -0.0400. The molecule has 0 N–H and O–H groups in total. The van der Waals surface area contributed by atoms with Gasteiger partial charge < -0.3 is 4.74 Å². The second-order valence-electron chi connectivity index (χ2n) is 5.74.